The average molecular weight is 396 g/mol. The fraction of sp³-hybridized carbons (Fsp3) is 0.0476. The number of amides is 1. The largest absolute Gasteiger partial charge is 0.322 e. The molecule has 4 nitrogen and oxygen atoms in total. The van der Waals surface area contributed by atoms with Crippen LogP contribution in [0.4, 0.5) is 5.69 Å². The van der Waals surface area contributed by atoms with Crippen LogP contribution in [-0.2, 0) is 0 Å². The fourth-order valence-corrected chi connectivity index (χ4v) is 3.41. The van der Waals surface area contributed by atoms with Crippen molar-refractivity contribution >= 4 is 40.4 Å². The minimum atomic E-state index is -0.276. The van der Waals surface area contributed by atoms with Gasteiger partial charge >= 0.3 is 0 Å². The number of aromatic nitrogens is 2. The molecule has 134 valence electrons. The van der Waals surface area contributed by atoms with Crippen LogP contribution in [-0.4, -0.2) is 15.3 Å². The Labute approximate surface area is 166 Å². The highest BCUT2D eigenvalue weighted by molar-refractivity contribution is 6.35. The number of benzene rings is 2. The lowest BCUT2D eigenvalue weighted by molar-refractivity contribution is 0.102. The van der Waals surface area contributed by atoms with Crippen molar-refractivity contribution in [3.05, 3.63) is 88.2 Å². The van der Waals surface area contributed by atoms with Crippen molar-refractivity contribution in [3.8, 4) is 11.3 Å². The summed E-state index contributed by atoms with van der Waals surface area (Å²) >= 11 is 12.0. The van der Waals surface area contributed by atoms with Crippen LogP contribution in [0, 0.1) is 6.92 Å². The van der Waals surface area contributed by atoms with Gasteiger partial charge in [0.25, 0.3) is 5.91 Å². The van der Waals surface area contributed by atoms with Gasteiger partial charge in [-0.1, -0.05) is 41.4 Å². The minimum absolute atomic E-state index is 0.276. The number of pyridine rings is 1. The minimum Gasteiger partial charge on any atom is -0.322 e. The molecule has 0 fully saturated rings. The molecule has 0 radical (unpaired) electrons. The smallest absolute Gasteiger partial charge is 0.255 e. The van der Waals surface area contributed by atoms with Gasteiger partial charge in [0.05, 0.1) is 5.69 Å². The Balaban J connectivity index is 1.62. The van der Waals surface area contributed by atoms with Gasteiger partial charge in [0.1, 0.15) is 5.65 Å². The normalized spacial score (nSPS) is 10.9. The third kappa shape index (κ3) is 3.82. The summed E-state index contributed by atoms with van der Waals surface area (Å²) < 4.78 is 1.99. The number of fused-ring (bicyclic) bond motifs is 1. The lowest BCUT2D eigenvalue weighted by Crippen LogP contribution is -2.11. The second kappa shape index (κ2) is 7.06. The molecule has 0 saturated carbocycles. The zero-order valence-corrected chi connectivity index (χ0v) is 15.9. The molecule has 2 heterocycles. The molecule has 0 aliphatic heterocycles. The van der Waals surface area contributed by atoms with E-state index < -0.39 is 0 Å². The first-order valence-corrected chi connectivity index (χ1v) is 9.07. The van der Waals surface area contributed by atoms with Crippen LogP contribution >= 0.6 is 23.2 Å². The molecule has 6 heteroatoms. The van der Waals surface area contributed by atoms with Gasteiger partial charge < -0.3 is 9.72 Å². The van der Waals surface area contributed by atoms with Crippen LogP contribution in [0.2, 0.25) is 10.0 Å². The van der Waals surface area contributed by atoms with Crippen LogP contribution in [0.1, 0.15) is 15.9 Å². The van der Waals surface area contributed by atoms with Crippen molar-refractivity contribution in [2.24, 2.45) is 0 Å². The lowest BCUT2D eigenvalue weighted by atomic mass is 10.1. The molecule has 27 heavy (non-hydrogen) atoms. The molecule has 0 saturated heterocycles. The maximum atomic E-state index is 12.5. The number of halogens is 2. The molecule has 1 amide bonds. The van der Waals surface area contributed by atoms with Gasteiger partial charge in [-0.25, -0.2) is 4.98 Å². The monoisotopic (exact) mass is 395 g/mol. The van der Waals surface area contributed by atoms with Crippen molar-refractivity contribution in [3.63, 3.8) is 0 Å². The maximum Gasteiger partial charge on any atom is 0.255 e. The number of hydrogen-bond donors (Lipinski definition) is 1. The molecular weight excluding hydrogens is 381 g/mol. The Bertz CT molecular complexity index is 1150. The first kappa shape index (κ1) is 17.6. The molecule has 4 aromatic rings. The summed E-state index contributed by atoms with van der Waals surface area (Å²) in [5.41, 5.74) is 4.86. The number of anilines is 1. The van der Waals surface area contributed by atoms with Gasteiger partial charge in [0.2, 0.25) is 0 Å². The highest BCUT2D eigenvalue weighted by atomic mass is 35.5. The number of nitrogens with one attached hydrogen (secondary N) is 1. The molecule has 2 aromatic carbocycles. The van der Waals surface area contributed by atoms with Gasteiger partial charge in [0, 0.05) is 39.3 Å². The van der Waals surface area contributed by atoms with Crippen molar-refractivity contribution in [2.75, 3.05) is 5.32 Å². The van der Waals surface area contributed by atoms with Crippen LogP contribution in [0.3, 0.4) is 0 Å². The van der Waals surface area contributed by atoms with Crippen molar-refractivity contribution in [2.45, 2.75) is 6.92 Å². The molecule has 0 spiro atoms. The Kier molecular flexibility index (Phi) is 4.60. The zero-order valence-electron chi connectivity index (χ0n) is 14.4. The Hall–Kier alpha value is -2.82. The van der Waals surface area contributed by atoms with E-state index in [4.69, 9.17) is 23.2 Å². The quantitative estimate of drug-likeness (QED) is 0.471. The molecule has 0 aliphatic rings. The summed E-state index contributed by atoms with van der Waals surface area (Å²) in [6.45, 7) is 2.04. The van der Waals surface area contributed by atoms with E-state index in [9.17, 15) is 4.79 Å². The number of rotatable bonds is 3. The van der Waals surface area contributed by atoms with Crippen LogP contribution in [0.15, 0.2) is 67.0 Å². The maximum absolute atomic E-state index is 12.5. The number of carbonyl (C=O) groups is 1. The molecule has 0 unspecified atom stereocenters. The molecule has 2 aromatic heterocycles. The summed E-state index contributed by atoms with van der Waals surface area (Å²) in [7, 11) is 0. The molecule has 0 atom stereocenters. The lowest BCUT2D eigenvalue weighted by Gasteiger charge is -2.07. The summed E-state index contributed by atoms with van der Waals surface area (Å²) in [5, 5.41) is 3.71. The van der Waals surface area contributed by atoms with E-state index in [2.05, 4.69) is 10.3 Å². The first-order valence-electron chi connectivity index (χ1n) is 8.31. The molecular formula is C21H15Cl2N3O. The molecule has 4 rings (SSSR count). The van der Waals surface area contributed by atoms with E-state index in [0.29, 0.717) is 21.3 Å². The first-order chi connectivity index (χ1) is 13.0. The Morgan fingerprint density at radius 1 is 1.00 bits per heavy atom. The summed E-state index contributed by atoms with van der Waals surface area (Å²) in [4.78, 5) is 17.1. The highest BCUT2D eigenvalue weighted by Gasteiger charge is 2.10. The van der Waals surface area contributed by atoms with E-state index in [1.165, 1.54) is 0 Å². The number of hydrogen-bond acceptors (Lipinski definition) is 2. The molecule has 0 aliphatic carbocycles. The van der Waals surface area contributed by atoms with Gasteiger partial charge in [0.15, 0.2) is 0 Å². The number of aryl methyl sites for hydroxylation is 1. The van der Waals surface area contributed by atoms with E-state index in [-0.39, 0.29) is 5.91 Å². The number of imidazole rings is 1. The SMILES string of the molecule is Cc1ccc2nc(-c3cccc(NC(=O)c4cc(Cl)cc(Cl)c4)c3)cn2c1. The predicted molar refractivity (Wildman–Crippen MR) is 110 cm³/mol. The van der Waals surface area contributed by atoms with Crippen LogP contribution in [0.25, 0.3) is 16.9 Å². The summed E-state index contributed by atoms with van der Waals surface area (Å²) in [5.74, 6) is -0.276. The van der Waals surface area contributed by atoms with E-state index >= 15 is 0 Å². The van der Waals surface area contributed by atoms with Gasteiger partial charge in [-0.3, -0.25) is 4.79 Å². The fourth-order valence-electron chi connectivity index (χ4n) is 2.89. The van der Waals surface area contributed by atoms with Gasteiger partial charge in [-0.15, -0.1) is 0 Å². The standard InChI is InChI=1S/C21H15Cl2N3O/c1-13-5-6-20-25-19(12-26(20)11-13)14-3-2-4-18(9-14)24-21(27)15-7-16(22)10-17(23)8-15/h2-12H,1H3,(H,24,27). The third-order valence-electron chi connectivity index (χ3n) is 4.14. The number of carbonyl (C=O) groups excluding carboxylic acids is 1. The predicted octanol–water partition coefficient (Wildman–Crippen LogP) is 5.87. The van der Waals surface area contributed by atoms with Gasteiger partial charge in [-0.05, 0) is 48.9 Å². The Morgan fingerprint density at radius 2 is 1.78 bits per heavy atom. The van der Waals surface area contributed by atoms with E-state index in [0.717, 1.165) is 22.5 Å². The zero-order chi connectivity index (χ0) is 19.0. The highest BCUT2D eigenvalue weighted by Crippen LogP contribution is 2.24. The van der Waals surface area contributed by atoms with E-state index in [1.54, 1.807) is 18.2 Å². The summed E-state index contributed by atoms with van der Waals surface area (Å²) in [6, 6.07) is 16.3. The van der Waals surface area contributed by atoms with E-state index in [1.807, 2.05) is 60.1 Å². The molecule has 1 N–H and O–H groups in total. The average Bonchev–Trinajstić information content (AvgIpc) is 3.04. The van der Waals surface area contributed by atoms with Crippen molar-refractivity contribution < 1.29 is 4.79 Å². The van der Waals surface area contributed by atoms with Crippen LogP contribution < -0.4 is 5.32 Å². The summed E-state index contributed by atoms with van der Waals surface area (Å²) in [6.07, 6.45) is 4.00. The second-order valence-corrected chi connectivity index (χ2v) is 7.16. The number of nitrogens with zero attached hydrogens (tertiary/aromatic N) is 2. The topological polar surface area (TPSA) is 46.4 Å². The van der Waals surface area contributed by atoms with Crippen molar-refractivity contribution in [1.82, 2.24) is 9.38 Å². The van der Waals surface area contributed by atoms with Gasteiger partial charge in [-0.2, -0.15) is 0 Å². The second-order valence-electron chi connectivity index (χ2n) is 6.29. The Morgan fingerprint density at radius 3 is 2.56 bits per heavy atom. The van der Waals surface area contributed by atoms with Crippen LogP contribution in [0.5, 0.6) is 0 Å². The third-order valence-corrected chi connectivity index (χ3v) is 4.58. The van der Waals surface area contributed by atoms with Crippen molar-refractivity contribution in [1.29, 1.82) is 0 Å². The molecule has 0 bridgehead atoms.